The number of nitrogens with zero attached hydrogens (tertiary/aromatic N) is 6. The monoisotopic (exact) mass is 647 g/mol. The molecule has 1 saturated carbocycles. The van der Waals surface area contributed by atoms with Crippen molar-refractivity contribution in [2.75, 3.05) is 7.11 Å². The van der Waals surface area contributed by atoms with Crippen LogP contribution in [-0.4, -0.2) is 66.0 Å². The first-order chi connectivity index (χ1) is 23.3. The molecule has 5 aromatic heterocycles. The number of fused-ring (bicyclic) bond motifs is 4. The third-order valence-electron chi connectivity index (χ3n) is 10.3. The van der Waals surface area contributed by atoms with Crippen LogP contribution in [0.4, 0.5) is 4.79 Å². The Hall–Kier alpha value is -4.97. The number of carbonyl (C=O) groups excluding carboxylic acids is 2. The Bertz CT molecular complexity index is 2030. The predicted molar refractivity (Wildman–Crippen MR) is 182 cm³/mol. The largest absolute Gasteiger partial charge is 0.482 e. The topological polar surface area (TPSA) is 145 Å². The third kappa shape index (κ3) is 5.33. The highest BCUT2D eigenvalue weighted by Crippen LogP contribution is 2.40. The first-order valence-corrected chi connectivity index (χ1v) is 16.9. The lowest BCUT2D eigenvalue weighted by Crippen LogP contribution is -2.40. The summed E-state index contributed by atoms with van der Waals surface area (Å²) in [6.45, 7) is 5.19. The third-order valence-corrected chi connectivity index (χ3v) is 10.3. The molecule has 0 aromatic carbocycles. The second kappa shape index (κ2) is 11.9. The number of hydrogen-bond acceptors (Lipinski definition) is 7. The molecule has 248 valence electrons. The number of pyridine rings is 3. The minimum Gasteiger partial charge on any atom is -0.482 e. The summed E-state index contributed by atoms with van der Waals surface area (Å²) in [6, 6.07) is 13.4. The number of carbonyl (C=O) groups is 2. The average Bonchev–Trinajstić information content (AvgIpc) is 3.41. The maximum atomic E-state index is 13.8. The van der Waals surface area contributed by atoms with Gasteiger partial charge in [0.15, 0.2) is 5.88 Å². The fourth-order valence-electron chi connectivity index (χ4n) is 7.62. The van der Waals surface area contributed by atoms with E-state index >= 15 is 0 Å². The van der Waals surface area contributed by atoms with Gasteiger partial charge in [-0.25, -0.2) is 14.8 Å². The van der Waals surface area contributed by atoms with Crippen LogP contribution in [0.2, 0.25) is 0 Å². The van der Waals surface area contributed by atoms with Crippen LogP contribution >= 0.6 is 0 Å². The van der Waals surface area contributed by atoms with Gasteiger partial charge in [-0.1, -0.05) is 6.07 Å². The molecular weight excluding hydrogens is 606 g/mol. The van der Waals surface area contributed by atoms with Crippen LogP contribution in [0.5, 0.6) is 5.88 Å². The quantitative estimate of drug-likeness (QED) is 0.210. The molecule has 12 heteroatoms. The summed E-state index contributed by atoms with van der Waals surface area (Å²) in [7, 11) is 1.63. The van der Waals surface area contributed by atoms with Crippen molar-refractivity contribution in [3.8, 4) is 17.3 Å². The molecule has 4 N–H and O–H groups in total. The Kier molecular flexibility index (Phi) is 7.54. The van der Waals surface area contributed by atoms with Gasteiger partial charge >= 0.3 is 6.03 Å². The molecule has 1 aliphatic carbocycles. The van der Waals surface area contributed by atoms with E-state index in [-0.39, 0.29) is 36.1 Å². The van der Waals surface area contributed by atoms with Gasteiger partial charge in [-0.15, -0.1) is 0 Å². The molecule has 2 saturated heterocycles. The highest BCUT2D eigenvalue weighted by Gasteiger charge is 2.47. The molecule has 5 aromatic rings. The summed E-state index contributed by atoms with van der Waals surface area (Å²) in [6.07, 6.45) is 8.62. The summed E-state index contributed by atoms with van der Waals surface area (Å²) >= 11 is 0. The molecular formula is C36H41N9O3. The van der Waals surface area contributed by atoms with Crippen molar-refractivity contribution in [2.24, 2.45) is 11.7 Å². The van der Waals surface area contributed by atoms with E-state index in [0.29, 0.717) is 29.6 Å². The van der Waals surface area contributed by atoms with Crippen LogP contribution in [-0.2, 0) is 13.1 Å². The molecule has 48 heavy (non-hydrogen) atoms. The van der Waals surface area contributed by atoms with Crippen LogP contribution < -0.4 is 21.1 Å². The smallest absolute Gasteiger partial charge is 0.315 e. The number of imidazole rings is 1. The first kappa shape index (κ1) is 30.4. The zero-order valence-corrected chi connectivity index (χ0v) is 27.5. The zero-order valence-electron chi connectivity index (χ0n) is 27.5. The van der Waals surface area contributed by atoms with Gasteiger partial charge in [0, 0.05) is 60.6 Å². The predicted octanol–water partition coefficient (Wildman–Crippen LogP) is 4.74. The summed E-state index contributed by atoms with van der Waals surface area (Å²) in [4.78, 5) is 42.8. The molecule has 3 amide bonds. The van der Waals surface area contributed by atoms with Crippen molar-refractivity contribution >= 4 is 28.6 Å². The minimum atomic E-state index is -0.312. The number of hydrogen-bond donors (Lipinski definition) is 3. The Labute approximate surface area is 278 Å². The van der Waals surface area contributed by atoms with E-state index in [2.05, 4.69) is 32.3 Å². The van der Waals surface area contributed by atoms with Gasteiger partial charge in [0.25, 0.3) is 5.91 Å². The molecule has 0 spiro atoms. The molecule has 12 nitrogen and oxygen atoms in total. The van der Waals surface area contributed by atoms with Crippen molar-refractivity contribution in [3.05, 3.63) is 77.4 Å². The molecule has 8 rings (SSSR count). The van der Waals surface area contributed by atoms with Crippen molar-refractivity contribution in [3.63, 3.8) is 0 Å². The first-order valence-electron chi connectivity index (χ1n) is 16.9. The Balaban J connectivity index is 1.12. The summed E-state index contributed by atoms with van der Waals surface area (Å²) in [5, 5.41) is 6.92. The fourth-order valence-corrected chi connectivity index (χ4v) is 7.62. The fraction of sp³-hybridized carbons (Fsp3) is 0.417. The van der Waals surface area contributed by atoms with Gasteiger partial charge in [0.05, 0.1) is 30.2 Å². The molecule has 0 unspecified atom stereocenters. The molecule has 0 radical (unpaired) electrons. The lowest BCUT2D eigenvalue weighted by molar-refractivity contribution is 0.0726. The highest BCUT2D eigenvalue weighted by molar-refractivity contribution is 5.97. The lowest BCUT2D eigenvalue weighted by atomic mass is 9.97. The SMILES string of the molecule is COc1cc(C(=O)N2[C@H]3CC[C@@H]2[C@H](N)C3)cc2nc(-c3cc4ccc([C@@H](C)NC(=O)NCc5cccnc5)nc4n3CC3CC3)c(C)n12. The van der Waals surface area contributed by atoms with Crippen molar-refractivity contribution in [1.82, 2.24) is 39.5 Å². The number of urea groups is 1. The highest BCUT2D eigenvalue weighted by atomic mass is 16.5. The summed E-state index contributed by atoms with van der Waals surface area (Å²) < 4.78 is 10.1. The standard InChI is InChI=1S/C36H41N9O3/c1-20(40-36(47)39-18-23-5-4-12-38-17-23)28-10-8-24-13-30(43(34(24)41-28)19-22-6-7-22)33-21(2)44-31(42-33)14-25(15-32(44)48-3)35(46)45-26-9-11-29(45)27(37)16-26/h4-5,8,10,12-15,17,20,22,26-27,29H,6-7,9,11,16,18-19,37H2,1-3H3,(H2,39,40,47)/t20-,26+,27-,29-/m1/s1. The number of ether oxygens (including phenoxy) is 1. The number of nitrogens with two attached hydrogens (primary N) is 1. The van der Waals surface area contributed by atoms with Gasteiger partial charge in [0.2, 0.25) is 0 Å². The van der Waals surface area contributed by atoms with E-state index in [4.69, 9.17) is 20.4 Å². The zero-order chi connectivity index (χ0) is 33.1. The molecule has 3 fully saturated rings. The van der Waals surface area contributed by atoms with Crippen LogP contribution in [0.1, 0.15) is 72.4 Å². The summed E-state index contributed by atoms with van der Waals surface area (Å²) in [5.74, 6) is 1.14. The van der Waals surface area contributed by atoms with Crippen LogP contribution in [0.15, 0.2) is 54.9 Å². The van der Waals surface area contributed by atoms with E-state index in [9.17, 15) is 9.59 Å². The van der Waals surface area contributed by atoms with Crippen molar-refractivity contribution in [1.29, 1.82) is 0 Å². The molecule has 3 aliphatic rings. The lowest BCUT2D eigenvalue weighted by Gasteiger charge is -2.23. The van der Waals surface area contributed by atoms with E-state index in [1.807, 2.05) is 53.5 Å². The number of aryl methyl sites for hydroxylation is 1. The minimum absolute atomic E-state index is 0.00786. The number of rotatable bonds is 9. The molecule has 2 aliphatic heterocycles. The second-order valence-electron chi connectivity index (χ2n) is 13.6. The molecule has 7 heterocycles. The van der Waals surface area contributed by atoms with Crippen LogP contribution in [0.25, 0.3) is 28.1 Å². The van der Waals surface area contributed by atoms with E-state index < -0.39 is 0 Å². The van der Waals surface area contributed by atoms with Crippen LogP contribution in [0, 0.1) is 12.8 Å². The van der Waals surface area contributed by atoms with Gasteiger partial charge < -0.3 is 30.6 Å². The van der Waals surface area contributed by atoms with Gasteiger partial charge in [-0.05, 0) is 87.8 Å². The number of nitrogens with one attached hydrogen (secondary N) is 2. The van der Waals surface area contributed by atoms with Gasteiger partial charge in [-0.2, -0.15) is 0 Å². The Morgan fingerprint density at radius 1 is 1.10 bits per heavy atom. The number of amides is 3. The molecule has 2 bridgehead atoms. The van der Waals surface area contributed by atoms with E-state index in [0.717, 1.165) is 65.2 Å². The van der Waals surface area contributed by atoms with Crippen molar-refractivity contribution < 1.29 is 14.3 Å². The summed E-state index contributed by atoms with van der Waals surface area (Å²) in [5.41, 5.74) is 12.9. The van der Waals surface area contributed by atoms with E-state index in [1.165, 1.54) is 12.8 Å². The molecule has 4 atom stereocenters. The number of methoxy groups -OCH3 is 1. The van der Waals surface area contributed by atoms with Gasteiger partial charge in [-0.3, -0.25) is 14.2 Å². The maximum Gasteiger partial charge on any atom is 0.315 e. The Morgan fingerprint density at radius 2 is 1.96 bits per heavy atom. The normalized spacial score (nSPS) is 20.8. The van der Waals surface area contributed by atoms with E-state index in [1.54, 1.807) is 19.5 Å². The number of aromatic nitrogens is 5. The van der Waals surface area contributed by atoms with Gasteiger partial charge in [0.1, 0.15) is 17.0 Å². The maximum absolute atomic E-state index is 13.8. The van der Waals surface area contributed by atoms with Crippen LogP contribution in [0.3, 0.4) is 0 Å². The average molecular weight is 648 g/mol. The van der Waals surface area contributed by atoms with Crippen molar-refractivity contribution in [2.45, 2.75) is 83.2 Å². The second-order valence-corrected chi connectivity index (χ2v) is 13.6. The Morgan fingerprint density at radius 3 is 2.67 bits per heavy atom.